The highest BCUT2D eigenvalue weighted by Gasteiger charge is 2.48. The molecule has 1 aliphatic heterocycles. The van der Waals surface area contributed by atoms with Crippen molar-refractivity contribution in [3.8, 4) is 0 Å². The van der Waals surface area contributed by atoms with Gasteiger partial charge in [0.05, 0.1) is 0 Å². The van der Waals surface area contributed by atoms with E-state index in [1.807, 2.05) is 0 Å². The van der Waals surface area contributed by atoms with Crippen molar-refractivity contribution in [2.45, 2.75) is 32.7 Å². The van der Waals surface area contributed by atoms with Gasteiger partial charge < -0.3 is 23.2 Å². The summed E-state index contributed by atoms with van der Waals surface area (Å²) < 4.78 is 19.5. The molecule has 5 N–H and O–H groups in total. The van der Waals surface area contributed by atoms with Gasteiger partial charge in [-0.2, -0.15) is 0 Å². The third-order valence-electron chi connectivity index (χ3n) is 4.64. The molecule has 1 rings (SSSR count). The molecule has 5 nitrogen and oxygen atoms in total. The third-order valence-corrected chi connectivity index (χ3v) is 29.5. The zero-order chi connectivity index (χ0) is 19.6. The Hall–Kier alpha value is -0.416. The second-order valence-corrected chi connectivity index (χ2v) is 26.7. The lowest BCUT2D eigenvalue weighted by atomic mass is 11.3. The minimum absolute atomic E-state index is 2.06. The van der Waals surface area contributed by atoms with Gasteiger partial charge in [0.25, 0.3) is 0 Å². The molecular formula is C15H35N5Si5. The van der Waals surface area contributed by atoms with Crippen molar-refractivity contribution in [1.29, 1.82) is 0 Å². The van der Waals surface area contributed by atoms with Crippen LogP contribution in [0.15, 0.2) is 61.4 Å². The number of hydrogen-bond acceptors (Lipinski definition) is 5. The summed E-state index contributed by atoms with van der Waals surface area (Å²) in [5, 5.41) is 0. The minimum Gasteiger partial charge on any atom is -0.330 e. The van der Waals surface area contributed by atoms with Crippen molar-refractivity contribution in [2.24, 2.45) is 0 Å². The predicted octanol–water partition coefficient (Wildman–Crippen LogP) is 1.93. The molecule has 0 atom stereocenters. The fourth-order valence-electron chi connectivity index (χ4n) is 3.36. The van der Waals surface area contributed by atoms with E-state index in [-0.39, 0.29) is 0 Å². The molecule has 1 aliphatic rings. The van der Waals surface area contributed by atoms with Crippen LogP contribution < -0.4 is 23.2 Å². The summed E-state index contributed by atoms with van der Waals surface area (Å²) in [5.74, 6) is 0. The van der Waals surface area contributed by atoms with E-state index in [1.165, 1.54) is 0 Å². The first-order valence-corrected chi connectivity index (χ1v) is 21.4. The van der Waals surface area contributed by atoms with E-state index in [0.29, 0.717) is 0 Å². The molecule has 0 unspecified atom stereocenters. The first-order valence-electron chi connectivity index (χ1n) is 8.48. The molecule has 1 fully saturated rings. The molecule has 0 radical (unpaired) electrons. The first-order chi connectivity index (χ1) is 11.3. The SMILES string of the molecule is C=C[Si]1(C)N[Si](C)(C=C)N[Si](C)(C=C)N[Si](C)(C=C)N[Si](C)(C=C)N1. The Bertz CT molecular complexity index is 453. The highest BCUT2D eigenvalue weighted by Crippen LogP contribution is 2.15. The van der Waals surface area contributed by atoms with Crippen molar-refractivity contribution < 1.29 is 0 Å². The number of nitrogens with one attached hydrogen (secondary N) is 5. The van der Waals surface area contributed by atoms with Crippen LogP contribution in [0.3, 0.4) is 0 Å². The summed E-state index contributed by atoms with van der Waals surface area (Å²) in [6, 6.07) is 0. The topological polar surface area (TPSA) is 60.1 Å². The van der Waals surface area contributed by atoms with Gasteiger partial charge in [0, 0.05) is 0 Å². The van der Waals surface area contributed by atoms with Gasteiger partial charge in [-0.05, 0) is 32.7 Å². The molecule has 140 valence electrons. The molecule has 0 saturated carbocycles. The second kappa shape index (κ2) is 7.68. The maximum absolute atomic E-state index is 4.12. The summed E-state index contributed by atoms with van der Waals surface area (Å²) in [5.41, 5.74) is 10.3. The highest BCUT2D eigenvalue weighted by molar-refractivity contribution is 7.10. The molecule has 0 aromatic heterocycles. The van der Waals surface area contributed by atoms with Crippen LogP contribution >= 0.6 is 0 Å². The van der Waals surface area contributed by atoms with Gasteiger partial charge in [-0.25, -0.2) is 0 Å². The smallest absolute Gasteiger partial charge is 0.212 e. The van der Waals surface area contributed by atoms with E-state index in [9.17, 15) is 0 Å². The lowest BCUT2D eigenvalue weighted by molar-refractivity contribution is 1.07. The van der Waals surface area contributed by atoms with Gasteiger partial charge in [-0.1, -0.05) is 28.5 Å². The zero-order valence-corrected chi connectivity index (χ0v) is 21.4. The van der Waals surface area contributed by atoms with Crippen LogP contribution in [0.4, 0.5) is 0 Å². The van der Waals surface area contributed by atoms with Gasteiger partial charge in [-0.3, -0.25) is 0 Å². The molecule has 25 heavy (non-hydrogen) atoms. The van der Waals surface area contributed by atoms with Crippen molar-refractivity contribution in [2.75, 3.05) is 0 Å². The Morgan fingerprint density at radius 2 is 0.520 bits per heavy atom. The Labute approximate surface area is 159 Å². The lowest BCUT2D eigenvalue weighted by Crippen LogP contribution is -2.89. The standard InChI is InChI=1S/C15H35N5Si5/c1-11-21(6)16-22(7,12-2)18-24(9,14-4)20-25(10,15-5)19-23(8,13-3)17-21/h11-20H,1-5H2,6-10H3. The minimum atomic E-state index is -2.14. The van der Waals surface area contributed by atoms with E-state index >= 15 is 0 Å². The average Bonchev–Trinajstić information content (AvgIpc) is 2.53. The summed E-state index contributed by atoms with van der Waals surface area (Å²) in [4.78, 5) is 0. The van der Waals surface area contributed by atoms with Gasteiger partial charge in [0.1, 0.15) is 0 Å². The van der Waals surface area contributed by atoms with Gasteiger partial charge >= 0.3 is 0 Å². The Morgan fingerprint density at radius 3 is 0.600 bits per heavy atom. The van der Waals surface area contributed by atoms with Crippen LogP contribution in [0.25, 0.3) is 0 Å². The Balaban J connectivity index is 3.56. The second-order valence-electron chi connectivity index (χ2n) is 7.66. The molecule has 0 aliphatic carbocycles. The van der Waals surface area contributed by atoms with Crippen molar-refractivity contribution >= 4 is 42.0 Å². The van der Waals surface area contributed by atoms with Gasteiger partial charge in [-0.15, -0.1) is 32.9 Å². The van der Waals surface area contributed by atoms with Crippen molar-refractivity contribution in [3.05, 3.63) is 61.4 Å². The molecule has 0 spiro atoms. The summed E-state index contributed by atoms with van der Waals surface area (Å²) in [6.07, 6.45) is 0. The summed E-state index contributed by atoms with van der Waals surface area (Å²) in [7, 11) is -10.7. The van der Waals surface area contributed by atoms with Crippen molar-refractivity contribution in [3.63, 3.8) is 0 Å². The molecule has 0 bridgehead atoms. The average molecular weight is 426 g/mol. The lowest BCUT2D eigenvalue weighted by Gasteiger charge is -2.49. The van der Waals surface area contributed by atoms with E-state index in [1.54, 1.807) is 0 Å². The quantitative estimate of drug-likeness (QED) is 0.436. The fourth-order valence-corrected chi connectivity index (χ4v) is 33.1. The number of rotatable bonds is 5. The largest absolute Gasteiger partial charge is 0.330 e. The predicted molar refractivity (Wildman–Crippen MR) is 125 cm³/mol. The maximum Gasteiger partial charge on any atom is 0.212 e. The van der Waals surface area contributed by atoms with Gasteiger partial charge in [0.2, 0.25) is 42.0 Å². The summed E-state index contributed by atoms with van der Waals surface area (Å²) >= 11 is 0. The molecule has 0 aromatic carbocycles. The number of hydrogen-bond donors (Lipinski definition) is 5. The monoisotopic (exact) mass is 425 g/mol. The van der Waals surface area contributed by atoms with Crippen LogP contribution in [-0.2, 0) is 0 Å². The molecule has 10 heteroatoms. The Morgan fingerprint density at radius 1 is 0.400 bits per heavy atom. The first kappa shape index (κ1) is 22.6. The van der Waals surface area contributed by atoms with Crippen LogP contribution in [0, 0.1) is 0 Å². The normalized spacial score (nSPS) is 45.8. The van der Waals surface area contributed by atoms with E-state index < -0.39 is 42.0 Å². The van der Waals surface area contributed by atoms with Crippen molar-refractivity contribution in [1.82, 2.24) is 23.2 Å². The van der Waals surface area contributed by atoms with Gasteiger partial charge in [0.15, 0.2) is 0 Å². The third kappa shape index (κ3) is 5.53. The van der Waals surface area contributed by atoms with Crippen LogP contribution in [-0.4, -0.2) is 42.0 Å². The van der Waals surface area contributed by atoms with Crippen LogP contribution in [0.1, 0.15) is 0 Å². The van der Waals surface area contributed by atoms with E-state index in [4.69, 9.17) is 0 Å². The fraction of sp³-hybridized carbons (Fsp3) is 0.333. The molecule has 0 aromatic rings. The van der Waals surface area contributed by atoms with E-state index in [0.717, 1.165) is 0 Å². The van der Waals surface area contributed by atoms with Crippen LogP contribution in [0.2, 0.25) is 32.7 Å². The molecular weight excluding hydrogens is 391 g/mol. The molecule has 1 heterocycles. The zero-order valence-electron chi connectivity index (χ0n) is 16.4. The highest BCUT2D eigenvalue weighted by atomic mass is 28.5. The summed E-state index contributed by atoms with van der Waals surface area (Å²) in [6.45, 7) is 31.9. The maximum atomic E-state index is 4.12. The Kier molecular flexibility index (Phi) is 6.95. The van der Waals surface area contributed by atoms with Crippen LogP contribution in [0.5, 0.6) is 0 Å². The van der Waals surface area contributed by atoms with E-state index in [2.05, 4.69) is 117 Å². The molecule has 1 saturated heterocycles. The molecule has 0 amide bonds.